The molecule has 0 saturated carbocycles. The highest BCUT2D eigenvalue weighted by atomic mass is 16.5. The Kier molecular flexibility index (Phi) is 5.08. The Hall–Kier alpha value is -2.64. The highest BCUT2D eigenvalue weighted by Crippen LogP contribution is 2.34. The summed E-state index contributed by atoms with van der Waals surface area (Å²) in [6, 6.07) is 11.2. The van der Waals surface area contributed by atoms with Crippen molar-refractivity contribution in [2.45, 2.75) is 31.5 Å². The van der Waals surface area contributed by atoms with Gasteiger partial charge in [-0.3, -0.25) is 14.3 Å². The molecule has 0 aromatic carbocycles. The molecule has 2 aliphatic heterocycles. The van der Waals surface area contributed by atoms with Crippen LogP contribution in [0, 0.1) is 0 Å². The number of ether oxygens (including phenoxy) is 1. The number of likely N-dealkylation sites (N-methyl/N-ethyl adjacent to an activating group) is 1. The molecule has 30 heavy (non-hydrogen) atoms. The van der Waals surface area contributed by atoms with Gasteiger partial charge in [0.25, 0.3) is 0 Å². The molecule has 2 atom stereocenters. The fourth-order valence-corrected chi connectivity index (χ4v) is 4.74. The molecule has 3 aromatic heterocycles. The average molecular weight is 407 g/mol. The summed E-state index contributed by atoms with van der Waals surface area (Å²) in [7, 11) is 6.49. The molecule has 0 amide bonds. The van der Waals surface area contributed by atoms with Gasteiger partial charge in [-0.25, -0.2) is 4.98 Å². The fraction of sp³-hybridized carbons (Fsp3) is 0.478. The number of anilines is 1. The normalized spacial score (nSPS) is 21.4. The van der Waals surface area contributed by atoms with Gasteiger partial charge in [-0.15, -0.1) is 0 Å². The van der Waals surface area contributed by atoms with E-state index < -0.39 is 0 Å². The predicted molar refractivity (Wildman–Crippen MR) is 118 cm³/mol. The van der Waals surface area contributed by atoms with Gasteiger partial charge in [0, 0.05) is 44.5 Å². The number of hydrogen-bond acceptors (Lipinski definition) is 6. The van der Waals surface area contributed by atoms with Gasteiger partial charge < -0.3 is 14.5 Å². The van der Waals surface area contributed by atoms with E-state index in [0.717, 1.165) is 55.4 Å². The van der Waals surface area contributed by atoms with Crippen LogP contribution in [0.1, 0.15) is 30.3 Å². The molecule has 2 aliphatic rings. The average Bonchev–Trinajstić information content (AvgIpc) is 3.40. The molecule has 0 bridgehead atoms. The quantitative estimate of drug-likeness (QED) is 0.649. The van der Waals surface area contributed by atoms with Crippen LogP contribution >= 0.6 is 0 Å². The lowest BCUT2D eigenvalue weighted by molar-refractivity contribution is 0.155. The maximum atomic E-state index is 5.78. The SMILES string of the molecule is CN(C)C1CCN(c2cccc3nc(CN(C)C4CCOc5cccnc54)cn23)C1. The number of imidazole rings is 1. The van der Waals surface area contributed by atoms with E-state index >= 15 is 0 Å². The second kappa shape index (κ2) is 7.89. The van der Waals surface area contributed by atoms with Crippen LogP contribution < -0.4 is 9.64 Å². The number of fused-ring (bicyclic) bond motifs is 2. The van der Waals surface area contributed by atoms with Crippen molar-refractivity contribution in [2.75, 3.05) is 45.7 Å². The molecule has 5 heterocycles. The summed E-state index contributed by atoms with van der Waals surface area (Å²) in [4.78, 5) is 16.7. The Morgan fingerprint density at radius 2 is 2.03 bits per heavy atom. The molecular formula is C23H30N6O. The van der Waals surface area contributed by atoms with Crippen molar-refractivity contribution in [3.8, 4) is 5.75 Å². The van der Waals surface area contributed by atoms with Crippen molar-refractivity contribution in [1.29, 1.82) is 0 Å². The molecule has 158 valence electrons. The lowest BCUT2D eigenvalue weighted by atomic mass is 10.1. The van der Waals surface area contributed by atoms with Gasteiger partial charge in [0.2, 0.25) is 0 Å². The third kappa shape index (κ3) is 3.52. The third-order valence-corrected chi connectivity index (χ3v) is 6.45. The second-order valence-corrected chi connectivity index (χ2v) is 8.65. The third-order valence-electron chi connectivity index (χ3n) is 6.45. The van der Waals surface area contributed by atoms with Gasteiger partial charge in [-0.1, -0.05) is 6.07 Å². The summed E-state index contributed by atoms with van der Waals surface area (Å²) in [6.07, 6.45) is 6.19. The van der Waals surface area contributed by atoms with Gasteiger partial charge in [0.1, 0.15) is 17.2 Å². The molecule has 2 unspecified atom stereocenters. The lowest BCUT2D eigenvalue weighted by Crippen LogP contribution is -2.32. The maximum Gasteiger partial charge on any atom is 0.142 e. The highest BCUT2D eigenvalue weighted by Gasteiger charge is 2.28. The van der Waals surface area contributed by atoms with E-state index in [0.29, 0.717) is 6.04 Å². The van der Waals surface area contributed by atoms with Crippen LogP contribution in [0.4, 0.5) is 5.82 Å². The van der Waals surface area contributed by atoms with Crippen LogP contribution in [0.2, 0.25) is 0 Å². The first-order valence-electron chi connectivity index (χ1n) is 10.8. The summed E-state index contributed by atoms with van der Waals surface area (Å²) in [5.74, 6) is 2.14. The van der Waals surface area contributed by atoms with E-state index in [9.17, 15) is 0 Å². The number of hydrogen-bond donors (Lipinski definition) is 0. The minimum Gasteiger partial charge on any atom is -0.492 e. The van der Waals surface area contributed by atoms with Crippen LogP contribution in [0.15, 0.2) is 42.7 Å². The van der Waals surface area contributed by atoms with Crippen molar-refractivity contribution in [1.82, 2.24) is 24.2 Å². The Morgan fingerprint density at radius 3 is 2.87 bits per heavy atom. The van der Waals surface area contributed by atoms with Gasteiger partial charge >= 0.3 is 0 Å². The standard InChI is InChI=1S/C23H30N6O/c1-26(2)18-9-12-28(16-18)22-8-4-7-21-25-17(15-29(21)22)14-27(3)19-10-13-30-20-6-5-11-24-23(19)20/h4-8,11,15,18-19H,9-10,12-14,16H2,1-3H3. The minimum atomic E-state index is 0.249. The first-order chi connectivity index (χ1) is 14.6. The number of aromatic nitrogens is 3. The lowest BCUT2D eigenvalue weighted by Gasteiger charge is -2.31. The summed E-state index contributed by atoms with van der Waals surface area (Å²) >= 11 is 0. The van der Waals surface area contributed by atoms with Crippen molar-refractivity contribution >= 4 is 11.5 Å². The van der Waals surface area contributed by atoms with Gasteiger partial charge in [-0.2, -0.15) is 0 Å². The zero-order valence-electron chi connectivity index (χ0n) is 18.0. The van der Waals surface area contributed by atoms with Gasteiger partial charge in [0.15, 0.2) is 0 Å². The van der Waals surface area contributed by atoms with E-state index in [2.05, 4.69) is 69.6 Å². The predicted octanol–water partition coefficient (Wildman–Crippen LogP) is 2.83. The number of pyridine rings is 2. The highest BCUT2D eigenvalue weighted by molar-refractivity contribution is 5.53. The fourth-order valence-electron chi connectivity index (χ4n) is 4.74. The zero-order chi connectivity index (χ0) is 20.7. The monoisotopic (exact) mass is 406 g/mol. The van der Waals surface area contributed by atoms with Gasteiger partial charge in [-0.05, 0) is 51.8 Å². The number of rotatable bonds is 5. The Bertz CT molecular complexity index is 1030. The van der Waals surface area contributed by atoms with Crippen molar-refractivity contribution in [3.63, 3.8) is 0 Å². The molecule has 3 aromatic rings. The minimum absolute atomic E-state index is 0.249. The van der Waals surface area contributed by atoms with Crippen LogP contribution in [-0.2, 0) is 6.54 Å². The molecule has 0 aliphatic carbocycles. The van der Waals surface area contributed by atoms with Crippen molar-refractivity contribution < 1.29 is 4.74 Å². The Balaban J connectivity index is 1.38. The summed E-state index contributed by atoms with van der Waals surface area (Å²) in [5.41, 5.74) is 3.12. The van der Waals surface area contributed by atoms with E-state index in [1.54, 1.807) is 0 Å². The van der Waals surface area contributed by atoms with Crippen molar-refractivity contribution in [3.05, 3.63) is 54.1 Å². The second-order valence-electron chi connectivity index (χ2n) is 8.65. The summed E-state index contributed by atoms with van der Waals surface area (Å²) in [5, 5.41) is 0. The molecule has 1 saturated heterocycles. The van der Waals surface area contributed by atoms with E-state index in [-0.39, 0.29) is 6.04 Å². The largest absolute Gasteiger partial charge is 0.492 e. The van der Waals surface area contributed by atoms with Crippen LogP contribution in [0.3, 0.4) is 0 Å². The Morgan fingerprint density at radius 1 is 1.13 bits per heavy atom. The molecule has 0 N–H and O–H groups in total. The molecule has 5 rings (SSSR count). The number of nitrogens with zero attached hydrogens (tertiary/aromatic N) is 6. The smallest absolute Gasteiger partial charge is 0.142 e. The first-order valence-corrected chi connectivity index (χ1v) is 10.8. The van der Waals surface area contributed by atoms with Crippen LogP contribution in [0.5, 0.6) is 5.75 Å². The van der Waals surface area contributed by atoms with E-state index in [4.69, 9.17) is 9.72 Å². The zero-order valence-corrected chi connectivity index (χ0v) is 18.0. The van der Waals surface area contributed by atoms with E-state index in [1.807, 2.05) is 18.3 Å². The molecule has 7 heteroatoms. The summed E-state index contributed by atoms with van der Waals surface area (Å²) in [6.45, 7) is 3.65. The molecule has 7 nitrogen and oxygen atoms in total. The Labute approximate surface area is 177 Å². The summed E-state index contributed by atoms with van der Waals surface area (Å²) < 4.78 is 8.03. The topological polar surface area (TPSA) is 49.1 Å². The van der Waals surface area contributed by atoms with Crippen LogP contribution in [-0.4, -0.2) is 71.0 Å². The molecular weight excluding hydrogens is 376 g/mol. The van der Waals surface area contributed by atoms with E-state index in [1.165, 1.54) is 12.2 Å². The maximum absolute atomic E-state index is 5.78. The first kappa shape index (κ1) is 19.3. The molecule has 0 radical (unpaired) electrons. The molecule has 1 fully saturated rings. The van der Waals surface area contributed by atoms with Gasteiger partial charge in [0.05, 0.1) is 24.0 Å². The van der Waals surface area contributed by atoms with Crippen LogP contribution in [0.25, 0.3) is 5.65 Å². The van der Waals surface area contributed by atoms with Crippen molar-refractivity contribution in [2.24, 2.45) is 0 Å². The molecule has 0 spiro atoms.